The molecule has 2 aromatic carbocycles. The molecule has 21 heavy (non-hydrogen) atoms. The van der Waals surface area contributed by atoms with Gasteiger partial charge in [-0.1, -0.05) is 23.7 Å². The lowest BCUT2D eigenvalue weighted by Gasteiger charge is -2.09. The molecular weight excluding hydrogens is 317 g/mol. The second-order valence-electron chi connectivity index (χ2n) is 4.38. The first-order valence-corrected chi connectivity index (χ1v) is 7.97. The molecular formula is C14H13ClFNO3S. The van der Waals surface area contributed by atoms with Crippen LogP contribution in [0.5, 0.6) is 5.75 Å². The van der Waals surface area contributed by atoms with E-state index in [0.29, 0.717) is 0 Å². The first kappa shape index (κ1) is 15.6. The predicted octanol–water partition coefficient (Wildman–Crippen LogP) is 3.04. The molecule has 2 aromatic rings. The van der Waals surface area contributed by atoms with Crippen molar-refractivity contribution >= 4 is 27.1 Å². The summed E-state index contributed by atoms with van der Waals surface area (Å²) in [5.74, 6) is -1.18. The van der Waals surface area contributed by atoms with Crippen LogP contribution in [-0.4, -0.2) is 15.5 Å². The molecule has 0 atom stereocenters. The minimum atomic E-state index is -3.74. The van der Waals surface area contributed by atoms with Gasteiger partial charge >= 0.3 is 0 Å². The van der Waals surface area contributed by atoms with Crippen LogP contribution in [0.1, 0.15) is 5.56 Å². The van der Waals surface area contributed by atoms with Crippen LogP contribution in [0, 0.1) is 5.82 Å². The molecule has 2 rings (SSSR count). The summed E-state index contributed by atoms with van der Waals surface area (Å²) < 4.78 is 43.5. The fourth-order valence-corrected chi connectivity index (χ4v) is 3.43. The van der Waals surface area contributed by atoms with Crippen LogP contribution in [-0.2, 0) is 15.6 Å². The lowest BCUT2D eigenvalue weighted by molar-refractivity contribution is 0.385. The molecule has 0 radical (unpaired) electrons. The third-order valence-electron chi connectivity index (χ3n) is 2.94. The smallest absolute Gasteiger partial charge is 0.182 e. The lowest BCUT2D eigenvalue weighted by atomic mass is 10.2. The summed E-state index contributed by atoms with van der Waals surface area (Å²) in [6.45, 7) is 0. The minimum Gasteiger partial charge on any atom is -0.494 e. The summed E-state index contributed by atoms with van der Waals surface area (Å²) in [5, 5.41) is 0.141. The molecule has 112 valence electrons. The Labute approximate surface area is 127 Å². The number of hydrogen-bond donors (Lipinski definition) is 1. The Morgan fingerprint density at radius 3 is 2.62 bits per heavy atom. The normalized spacial score (nSPS) is 11.4. The summed E-state index contributed by atoms with van der Waals surface area (Å²) in [6.07, 6.45) is 0. The van der Waals surface area contributed by atoms with E-state index in [1.54, 1.807) is 0 Å². The quantitative estimate of drug-likeness (QED) is 0.875. The highest BCUT2D eigenvalue weighted by Gasteiger charge is 2.20. The maximum absolute atomic E-state index is 14.0. The Hall–Kier alpha value is -1.79. The Bertz CT molecular complexity index is 778. The number of rotatable bonds is 4. The van der Waals surface area contributed by atoms with E-state index in [1.165, 1.54) is 43.5 Å². The molecule has 0 saturated heterocycles. The Morgan fingerprint density at radius 2 is 2.00 bits per heavy atom. The van der Waals surface area contributed by atoms with Crippen LogP contribution in [0.25, 0.3) is 0 Å². The van der Waals surface area contributed by atoms with Crippen molar-refractivity contribution in [3.05, 3.63) is 52.8 Å². The van der Waals surface area contributed by atoms with Crippen molar-refractivity contribution in [1.82, 2.24) is 0 Å². The van der Waals surface area contributed by atoms with Gasteiger partial charge in [-0.3, -0.25) is 0 Å². The van der Waals surface area contributed by atoms with E-state index in [0.717, 1.165) is 0 Å². The molecule has 2 N–H and O–H groups in total. The van der Waals surface area contributed by atoms with Gasteiger partial charge in [-0.15, -0.1) is 0 Å². The van der Waals surface area contributed by atoms with Gasteiger partial charge in [-0.2, -0.15) is 0 Å². The minimum absolute atomic E-state index is 0.00182. The molecule has 0 aliphatic heterocycles. The zero-order valence-electron chi connectivity index (χ0n) is 11.1. The molecule has 0 aromatic heterocycles. The number of anilines is 1. The standard InChI is InChI=1S/C14H13ClFNO3S/c1-20-13-4-2-3-9(14(13)16)8-21(18,19)10-5-6-12(17)11(15)7-10/h2-7H,8,17H2,1H3. The first-order chi connectivity index (χ1) is 9.85. The molecule has 0 aliphatic carbocycles. The molecule has 0 spiro atoms. The zero-order chi connectivity index (χ0) is 15.6. The number of methoxy groups -OCH3 is 1. The number of halogens is 2. The third kappa shape index (κ3) is 3.28. The summed E-state index contributed by atoms with van der Waals surface area (Å²) >= 11 is 5.82. The van der Waals surface area contributed by atoms with Crippen LogP contribution in [0.15, 0.2) is 41.3 Å². The van der Waals surface area contributed by atoms with Gasteiger partial charge in [0.25, 0.3) is 0 Å². The predicted molar refractivity (Wildman–Crippen MR) is 79.7 cm³/mol. The number of hydrogen-bond acceptors (Lipinski definition) is 4. The van der Waals surface area contributed by atoms with Crippen molar-refractivity contribution in [2.75, 3.05) is 12.8 Å². The highest BCUT2D eigenvalue weighted by atomic mass is 35.5. The van der Waals surface area contributed by atoms with E-state index in [4.69, 9.17) is 22.1 Å². The van der Waals surface area contributed by atoms with Gasteiger partial charge in [0.2, 0.25) is 0 Å². The second-order valence-corrected chi connectivity index (χ2v) is 6.77. The van der Waals surface area contributed by atoms with Crippen molar-refractivity contribution in [3.63, 3.8) is 0 Å². The summed E-state index contributed by atoms with van der Waals surface area (Å²) in [7, 11) is -2.42. The molecule has 0 bridgehead atoms. The van der Waals surface area contributed by atoms with Crippen LogP contribution >= 0.6 is 11.6 Å². The fourth-order valence-electron chi connectivity index (χ4n) is 1.81. The highest BCUT2D eigenvalue weighted by Crippen LogP contribution is 2.27. The van der Waals surface area contributed by atoms with Crippen molar-refractivity contribution in [3.8, 4) is 5.75 Å². The largest absolute Gasteiger partial charge is 0.494 e. The van der Waals surface area contributed by atoms with E-state index in [2.05, 4.69) is 0 Å². The van der Waals surface area contributed by atoms with Crippen LogP contribution in [0.3, 0.4) is 0 Å². The summed E-state index contributed by atoms with van der Waals surface area (Å²) in [4.78, 5) is -0.0103. The number of ether oxygens (including phenoxy) is 1. The lowest BCUT2D eigenvalue weighted by Crippen LogP contribution is -2.07. The van der Waals surface area contributed by atoms with Gasteiger partial charge in [0.15, 0.2) is 21.4 Å². The Kier molecular flexibility index (Phi) is 4.39. The maximum atomic E-state index is 14.0. The molecule has 4 nitrogen and oxygen atoms in total. The Morgan fingerprint density at radius 1 is 1.29 bits per heavy atom. The summed E-state index contributed by atoms with van der Waals surface area (Å²) in [6, 6.07) is 8.35. The average Bonchev–Trinajstić information content (AvgIpc) is 2.44. The number of nitrogen functional groups attached to an aromatic ring is 1. The molecule has 0 saturated carbocycles. The SMILES string of the molecule is COc1cccc(CS(=O)(=O)c2ccc(N)c(Cl)c2)c1F. The number of benzene rings is 2. The van der Waals surface area contributed by atoms with E-state index in [-0.39, 0.29) is 26.9 Å². The van der Waals surface area contributed by atoms with Crippen LogP contribution < -0.4 is 10.5 Å². The van der Waals surface area contributed by atoms with Crippen LogP contribution in [0.4, 0.5) is 10.1 Å². The monoisotopic (exact) mass is 329 g/mol. The van der Waals surface area contributed by atoms with E-state index < -0.39 is 21.4 Å². The van der Waals surface area contributed by atoms with Crippen molar-refractivity contribution < 1.29 is 17.5 Å². The molecule has 0 amide bonds. The third-order valence-corrected chi connectivity index (χ3v) is 4.93. The number of nitrogens with two attached hydrogens (primary N) is 1. The Balaban J connectivity index is 2.40. The maximum Gasteiger partial charge on any atom is 0.182 e. The molecule has 0 heterocycles. The van der Waals surface area contributed by atoms with Gasteiger partial charge in [0, 0.05) is 5.56 Å². The van der Waals surface area contributed by atoms with Gasteiger partial charge < -0.3 is 10.5 Å². The van der Waals surface area contributed by atoms with Gasteiger partial charge in [0.05, 0.1) is 28.5 Å². The number of sulfone groups is 1. The van der Waals surface area contributed by atoms with Crippen molar-refractivity contribution in [2.45, 2.75) is 10.6 Å². The topological polar surface area (TPSA) is 69.4 Å². The van der Waals surface area contributed by atoms with Crippen LogP contribution in [0.2, 0.25) is 5.02 Å². The second kappa shape index (κ2) is 5.91. The van der Waals surface area contributed by atoms with Gasteiger partial charge in [-0.25, -0.2) is 12.8 Å². The fraction of sp³-hybridized carbons (Fsp3) is 0.143. The van der Waals surface area contributed by atoms with E-state index >= 15 is 0 Å². The van der Waals surface area contributed by atoms with Crippen molar-refractivity contribution in [2.24, 2.45) is 0 Å². The van der Waals surface area contributed by atoms with E-state index in [9.17, 15) is 12.8 Å². The highest BCUT2D eigenvalue weighted by molar-refractivity contribution is 7.90. The molecule has 7 heteroatoms. The molecule has 0 unspecified atom stereocenters. The average molecular weight is 330 g/mol. The van der Waals surface area contributed by atoms with Gasteiger partial charge in [0.1, 0.15) is 0 Å². The van der Waals surface area contributed by atoms with Crippen molar-refractivity contribution in [1.29, 1.82) is 0 Å². The zero-order valence-corrected chi connectivity index (χ0v) is 12.7. The van der Waals surface area contributed by atoms with E-state index in [1.807, 2.05) is 0 Å². The van der Waals surface area contributed by atoms with Gasteiger partial charge in [-0.05, 0) is 24.3 Å². The molecule has 0 fully saturated rings. The molecule has 0 aliphatic rings. The first-order valence-electron chi connectivity index (χ1n) is 5.94. The summed E-state index contributed by atoms with van der Waals surface area (Å²) in [5.41, 5.74) is 5.85.